The molecular formula is C29H28F2N6OS. The van der Waals surface area contributed by atoms with E-state index in [0.29, 0.717) is 35.0 Å². The van der Waals surface area contributed by atoms with Crippen molar-refractivity contribution in [1.29, 1.82) is 0 Å². The van der Waals surface area contributed by atoms with E-state index in [-0.39, 0.29) is 5.69 Å². The van der Waals surface area contributed by atoms with Gasteiger partial charge in [0.2, 0.25) is 11.9 Å². The van der Waals surface area contributed by atoms with E-state index < -0.39 is 23.0 Å². The van der Waals surface area contributed by atoms with Gasteiger partial charge in [-0.25, -0.2) is 13.8 Å². The van der Waals surface area contributed by atoms with Crippen LogP contribution in [0.2, 0.25) is 0 Å². The second-order valence-corrected chi connectivity index (χ2v) is 10.6. The molecule has 0 fully saturated rings. The highest BCUT2D eigenvalue weighted by atomic mass is 32.2. The van der Waals surface area contributed by atoms with Crippen LogP contribution in [0.15, 0.2) is 77.8 Å². The second kappa shape index (κ2) is 11.4. The maximum absolute atomic E-state index is 15.2. The average molecular weight is 547 g/mol. The molecule has 200 valence electrons. The quantitative estimate of drug-likeness (QED) is 0.217. The summed E-state index contributed by atoms with van der Waals surface area (Å²) in [6.45, 7) is 4.78. The van der Waals surface area contributed by atoms with Crippen LogP contribution in [0.5, 0.6) is 0 Å². The molecule has 0 unspecified atom stereocenters. The molecule has 3 aromatic carbocycles. The van der Waals surface area contributed by atoms with Crippen LogP contribution in [0, 0.1) is 11.6 Å². The zero-order chi connectivity index (χ0) is 27.4. The van der Waals surface area contributed by atoms with Gasteiger partial charge in [0.15, 0.2) is 0 Å². The van der Waals surface area contributed by atoms with Gasteiger partial charge in [0, 0.05) is 35.4 Å². The fraction of sp³-hybridized carbons (Fsp3) is 0.207. The van der Waals surface area contributed by atoms with Gasteiger partial charge in [0.1, 0.15) is 17.5 Å². The Kier molecular flexibility index (Phi) is 7.76. The van der Waals surface area contributed by atoms with Crippen LogP contribution in [0.4, 0.5) is 31.9 Å². The van der Waals surface area contributed by atoms with Crippen LogP contribution in [0.1, 0.15) is 25.8 Å². The molecule has 0 radical (unpaired) electrons. The van der Waals surface area contributed by atoms with Crippen LogP contribution in [0.3, 0.4) is 0 Å². The highest BCUT2D eigenvalue weighted by Crippen LogP contribution is 2.32. The van der Waals surface area contributed by atoms with E-state index in [9.17, 15) is 9.18 Å². The Labute approximate surface area is 230 Å². The summed E-state index contributed by atoms with van der Waals surface area (Å²) in [4.78, 5) is 23.2. The van der Waals surface area contributed by atoms with Gasteiger partial charge in [-0.2, -0.15) is 4.98 Å². The van der Waals surface area contributed by atoms with Gasteiger partial charge in [-0.1, -0.05) is 24.3 Å². The Morgan fingerprint density at radius 2 is 1.87 bits per heavy atom. The van der Waals surface area contributed by atoms with E-state index in [1.165, 1.54) is 24.3 Å². The number of amides is 1. The number of nitrogens with one attached hydrogen (secondary N) is 4. The number of fused-ring (bicyclic) bond motifs is 4. The molecule has 4 aromatic rings. The van der Waals surface area contributed by atoms with Gasteiger partial charge < -0.3 is 16.0 Å². The Balaban J connectivity index is 1.39. The maximum atomic E-state index is 15.2. The zero-order valence-corrected chi connectivity index (χ0v) is 22.3. The summed E-state index contributed by atoms with van der Waals surface area (Å²) < 4.78 is 32.3. The molecule has 1 aliphatic heterocycles. The van der Waals surface area contributed by atoms with E-state index in [2.05, 4.69) is 30.6 Å². The maximum Gasteiger partial charge on any atom is 0.234 e. The van der Waals surface area contributed by atoms with Crippen molar-refractivity contribution in [3.05, 3.63) is 90.1 Å². The molecule has 1 aliphatic rings. The SMILES string of the molecule is CC(C)(C(=O)Nc1ccc(-c2cnc3nc2NCCCNSc2cccc(c2)N3)cc1F)c1cccc(F)c1. The first-order chi connectivity index (χ1) is 18.8. The van der Waals surface area contributed by atoms with Crippen molar-refractivity contribution in [3.8, 4) is 11.1 Å². The van der Waals surface area contributed by atoms with Crippen molar-refractivity contribution >= 4 is 41.0 Å². The lowest BCUT2D eigenvalue weighted by molar-refractivity contribution is -0.120. The second-order valence-electron chi connectivity index (χ2n) is 9.67. The third-order valence-corrected chi connectivity index (χ3v) is 7.30. The number of anilines is 4. The monoisotopic (exact) mass is 546 g/mol. The number of halogens is 2. The number of hydrogen-bond donors (Lipinski definition) is 4. The predicted octanol–water partition coefficient (Wildman–Crippen LogP) is 6.49. The first kappa shape index (κ1) is 26.6. The van der Waals surface area contributed by atoms with Crippen LogP contribution in [-0.4, -0.2) is 29.0 Å². The third kappa shape index (κ3) is 6.18. The molecule has 7 nitrogen and oxygen atoms in total. The van der Waals surface area contributed by atoms with Gasteiger partial charge >= 0.3 is 0 Å². The molecule has 4 N–H and O–H groups in total. The van der Waals surface area contributed by atoms with Gasteiger partial charge in [-0.05, 0) is 85.8 Å². The van der Waals surface area contributed by atoms with Gasteiger partial charge in [0.25, 0.3) is 0 Å². The fourth-order valence-corrected chi connectivity index (χ4v) is 4.87. The lowest BCUT2D eigenvalue weighted by Crippen LogP contribution is -2.35. The molecule has 0 aliphatic carbocycles. The highest BCUT2D eigenvalue weighted by molar-refractivity contribution is 7.97. The van der Waals surface area contributed by atoms with Crippen LogP contribution in [-0.2, 0) is 10.2 Å². The molecule has 0 saturated carbocycles. The number of aromatic nitrogens is 2. The summed E-state index contributed by atoms with van der Waals surface area (Å²) in [5, 5.41) is 9.22. The average Bonchev–Trinajstić information content (AvgIpc) is 2.92. The first-order valence-electron chi connectivity index (χ1n) is 12.5. The van der Waals surface area contributed by atoms with Gasteiger partial charge in [-0.15, -0.1) is 0 Å². The Hall–Kier alpha value is -4.02. The minimum absolute atomic E-state index is 0.0313. The van der Waals surface area contributed by atoms with Crippen molar-refractivity contribution < 1.29 is 13.6 Å². The van der Waals surface area contributed by atoms with Crippen molar-refractivity contribution in [1.82, 2.24) is 14.7 Å². The Morgan fingerprint density at radius 3 is 2.69 bits per heavy atom. The molecule has 2 heterocycles. The molecule has 0 atom stereocenters. The van der Waals surface area contributed by atoms with Crippen molar-refractivity contribution in [3.63, 3.8) is 0 Å². The summed E-state index contributed by atoms with van der Waals surface area (Å²) in [5.41, 5.74) is 1.49. The summed E-state index contributed by atoms with van der Waals surface area (Å²) in [5.74, 6) is -0.506. The van der Waals surface area contributed by atoms with E-state index >= 15 is 4.39 Å². The van der Waals surface area contributed by atoms with Crippen LogP contribution in [0.25, 0.3) is 11.1 Å². The Morgan fingerprint density at radius 1 is 1.03 bits per heavy atom. The van der Waals surface area contributed by atoms with Crippen LogP contribution >= 0.6 is 11.9 Å². The normalized spacial score (nSPS) is 13.6. The molecule has 39 heavy (non-hydrogen) atoms. The van der Waals surface area contributed by atoms with E-state index in [1.54, 1.807) is 50.2 Å². The van der Waals surface area contributed by atoms with Crippen LogP contribution < -0.4 is 20.7 Å². The predicted molar refractivity (Wildman–Crippen MR) is 152 cm³/mol. The number of carbonyl (C=O) groups excluding carboxylic acids is 1. The van der Waals surface area contributed by atoms with Crippen molar-refractivity contribution in [2.75, 3.05) is 29.0 Å². The molecule has 1 aromatic heterocycles. The summed E-state index contributed by atoms with van der Waals surface area (Å²) >= 11 is 1.57. The largest absolute Gasteiger partial charge is 0.369 e. The summed E-state index contributed by atoms with van der Waals surface area (Å²) in [6, 6.07) is 18.3. The highest BCUT2D eigenvalue weighted by Gasteiger charge is 2.30. The number of benzene rings is 3. The molecular weight excluding hydrogens is 518 g/mol. The van der Waals surface area contributed by atoms with E-state index in [0.717, 1.165) is 23.5 Å². The summed E-state index contributed by atoms with van der Waals surface area (Å²) in [7, 11) is 0. The molecule has 5 rings (SSSR count). The molecule has 10 heteroatoms. The number of hydrogen-bond acceptors (Lipinski definition) is 7. The van der Waals surface area contributed by atoms with Gasteiger partial charge in [0.05, 0.1) is 11.1 Å². The van der Waals surface area contributed by atoms with Gasteiger partial charge in [-0.3, -0.25) is 9.52 Å². The van der Waals surface area contributed by atoms with E-state index in [4.69, 9.17) is 0 Å². The fourth-order valence-electron chi connectivity index (χ4n) is 4.13. The number of carbonyl (C=O) groups is 1. The molecule has 4 bridgehead atoms. The zero-order valence-electron chi connectivity index (χ0n) is 21.5. The smallest absolute Gasteiger partial charge is 0.234 e. The topological polar surface area (TPSA) is 91.0 Å². The minimum atomic E-state index is -1.07. The molecule has 0 saturated heterocycles. The standard InChI is InChI=1S/C29H28F2N6OS/c1-29(2,19-6-3-7-20(30)15-19)27(38)36-25-11-10-18(14-24(25)31)23-17-33-28-35-21-8-4-9-22(16-21)39-34-13-5-12-32-26(23)37-28/h3-4,6-11,14-17,34H,5,12-13H2,1-2H3,(H,36,38)(H2,32,33,35,37). The Bertz CT molecular complexity index is 1510. The summed E-state index contributed by atoms with van der Waals surface area (Å²) in [6.07, 6.45) is 2.49. The lowest BCUT2D eigenvalue weighted by atomic mass is 9.83. The van der Waals surface area contributed by atoms with E-state index in [1.807, 2.05) is 24.3 Å². The number of rotatable bonds is 4. The number of nitrogens with zero attached hydrogens (tertiary/aromatic N) is 2. The third-order valence-electron chi connectivity index (χ3n) is 6.46. The van der Waals surface area contributed by atoms with Crippen molar-refractivity contribution in [2.45, 2.75) is 30.6 Å². The molecule has 0 spiro atoms. The minimum Gasteiger partial charge on any atom is -0.369 e. The first-order valence-corrected chi connectivity index (χ1v) is 13.4. The van der Waals surface area contributed by atoms with Crippen molar-refractivity contribution in [2.24, 2.45) is 0 Å². The molecule has 1 amide bonds. The lowest BCUT2D eigenvalue weighted by Gasteiger charge is -2.24.